The van der Waals surface area contributed by atoms with E-state index in [0.717, 1.165) is 30.5 Å². The van der Waals surface area contributed by atoms with Crippen LogP contribution in [0.1, 0.15) is 55.0 Å². The van der Waals surface area contributed by atoms with Gasteiger partial charge in [0.2, 0.25) is 0 Å². The van der Waals surface area contributed by atoms with E-state index in [0.29, 0.717) is 5.75 Å². The van der Waals surface area contributed by atoms with Crippen LogP contribution in [0.2, 0.25) is 0 Å². The fourth-order valence-corrected chi connectivity index (χ4v) is 4.02. The highest BCUT2D eigenvalue weighted by Crippen LogP contribution is 2.34. The van der Waals surface area contributed by atoms with Crippen molar-refractivity contribution in [3.63, 3.8) is 0 Å². The molecule has 4 heteroatoms. The maximum Gasteiger partial charge on any atom is 0.266 e. The number of hydrogen-bond donors (Lipinski definition) is 0. The topological polar surface area (TPSA) is 42.4 Å². The number of amides is 1. The molecular weight excluding hydrogens is 396 g/mol. The van der Waals surface area contributed by atoms with Gasteiger partial charge in [0, 0.05) is 30.1 Å². The molecule has 32 heavy (non-hydrogen) atoms. The van der Waals surface area contributed by atoms with Crippen molar-refractivity contribution >= 4 is 5.91 Å². The molecule has 0 N–H and O–H groups in total. The van der Waals surface area contributed by atoms with E-state index in [1.807, 2.05) is 55.1 Å². The Bertz CT molecular complexity index is 1120. The zero-order chi connectivity index (χ0) is 22.6. The number of likely N-dealkylation sites (tertiary alicyclic amines) is 1. The second-order valence-electron chi connectivity index (χ2n) is 8.70. The lowest BCUT2D eigenvalue weighted by atomic mass is 10.0. The first-order chi connectivity index (χ1) is 15.4. The summed E-state index contributed by atoms with van der Waals surface area (Å²) in [4.78, 5) is 19.5. The van der Waals surface area contributed by atoms with Crippen molar-refractivity contribution in [1.29, 1.82) is 0 Å². The number of carbonyl (C=O) groups excluding carboxylic acids is 1. The molecule has 0 spiro atoms. The molecule has 1 fully saturated rings. The van der Waals surface area contributed by atoms with Crippen LogP contribution in [0, 0.1) is 18.8 Å². The highest BCUT2D eigenvalue weighted by molar-refractivity contribution is 5.85. The summed E-state index contributed by atoms with van der Waals surface area (Å²) in [5.74, 6) is 6.89. The van der Waals surface area contributed by atoms with Gasteiger partial charge in [-0.15, -0.1) is 0 Å². The van der Waals surface area contributed by atoms with Crippen molar-refractivity contribution in [3.05, 3.63) is 95.3 Å². The second-order valence-corrected chi connectivity index (χ2v) is 8.70. The second kappa shape index (κ2) is 9.28. The van der Waals surface area contributed by atoms with Gasteiger partial charge in [-0.25, -0.2) is 0 Å². The monoisotopic (exact) mass is 424 g/mol. The summed E-state index contributed by atoms with van der Waals surface area (Å²) in [5, 5.41) is 0. The number of benzene rings is 2. The first-order valence-corrected chi connectivity index (χ1v) is 11.0. The highest BCUT2D eigenvalue weighted by Gasteiger charge is 2.40. The van der Waals surface area contributed by atoms with Crippen molar-refractivity contribution in [2.45, 2.75) is 45.3 Å². The van der Waals surface area contributed by atoms with Gasteiger partial charge in [-0.1, -0.05) is 41.7 Å². The lowest BCUT2D eigenvalue weighted by Crippen LogP contribution is -2.48. The fraction of sp³-hybridized carbons (Fsp3) is 0.286. The van der Waals surface area contributed by atoms with Crippen LogP contribution in [0.4, 0.5) is 0 Å². The fourth-order valence-electron chi connectivity index (χ4n) is 4.02. The SMILES string of the molecule is Cc1ccc(C2CCCN2C(=O)C(C)(C)Oc2ccc(C#Cc3cccnc3)cc2)cc1. The zero-order valence-corrected chi connectivity index (χ0v) is 18.8. The quantitative estimate of drug-likeness (QED) is 0.533. The Labute approximate surface area is 190 Å². The highest BCUT2D eigenvalue weighted by atomic mass is 16.5. The van der Waals surface area contributed by atoms with Crippen molar-refractivity contribution in [1.82, 2.24) is 9.88 Å². The van der Waals surface area contributed by atoms with Gasteiger partial charge in [-0.2, -0.15) is 0 Å². The third-order valence-electron chi connectivity index (χ3n) is 5.73. The number of nitrogens with zero attached hydrogens (tertiary/aromatic N) is 2. The minimum atomic E-state index is -0.962. The Hall–Kier alpha value is -3.58. The number of aromatic nitrogens is 1. The third kappa shape index (κ3) is 5.00. The van der Waals surface area contributed by atoms with E-state index in [1.54, 1.807) is 12.4 Å². The molecule has 162 valence electrons. The molecule has 1 atom stereocenters. The molecule has 1 amide bonds. The first kappa shape index (κ1) is 21.6. The van der Waals surface area contributed by atoms with E-state index >= 15 is 0 Å². The summed E-state index contributed by atoms with van der Waals surface area (Å²) in [6.45, 7) is 6.52. The van der Waals surface area contributed by atoms with Crippen LogP contribution < -0.4 is 4.74 Å². The van der Waals surface area contributed by atoms with E-state index in [2.05, 4.69) is 48.0 Å². The normalized spacial score (nSPS) is 15.7. The smallest absolute Gasteiger partial charge is 0.266 e. The molecule has 2 heterocycles. The Morgan fingerprint density at radius 3 is 2.44 bits per heavy atom. The van der Waals surface area contributed by atoms with Crippen molar-refractivity contribution in [2.75, 3.05) is 6.54 Å². The van der Waals surface area contributed by atoms with Crippen LogP contribution in [0.3, 0.4) is 0 Å². The Morgan fingerprint density at radius 1 is 1.03 bits per heavy atom. The van der Waals surface area contributed by atoms with Crippen molar-refractivity contribution in [3.8, 4) is 17.6 Å². The maximum absolute atomic E-state index is 13.4. The summed E-state index contributed by atoms with van der Waals surface area (Å²) < 4.78 is 6.15. The molecule has 0 aliphatic carbocycles. The largest absolute Gasteiger partial charge is 0.478 e. The van der Waals surface area contributed by atoms with Crippen LogP contribution in [0.15, 0.2) is 73.1 Å². The molecule has 1 aliphatic rings. The molecule has 4 rings (SSSR count). The van der Waals surface area contributed by atoms with Gasteiger partial charge >= 0.3 is 0 Å². The van der Waals surface area contributed by atoms with Gasteiger partial charge in [-0.05, 0) is 75.6 Å². The molecule has 1 unspecified atom stereocenters. The number of carbonyl (C=O) groups is 1. The minimum absolute atomic E-state index is 0.0148. The third-order valence-corrected chi connectivity index (χ3v) is 5.73. The van der Waals surface area contributed by atoms with Crippen molar-refractivity contribution in [2.24, 2.45) is 0 Å². The molecule has 1 aliphatic heterocycles. The number of rotatable bonds is 4. The van der Waals surface area contributed by atoms with Gasteiger partial charge in [0.25, 0.3) is 5.91 Å². The van der Waals surface area contributed by atoms with E-state index in [9.17, 15) is 4.79 Å². The summed E-state index contributed by atoms with van der Waals surface area (Å²) in [6.07, 6.45) is 5.45. The molecule has 1 saturated heterocycles. The lowest BCUT2D eigenvalue weighted by molar-refractivity contribution is -0.146. The molecular formula is C28H28N2O2. The van der Waals surface area contributed by atoms with E-state index in [-0.39, 0.29) is 11.9 Å². The molecule has 1 aromatic heterocycles. The van der Waals surface area contributed by atoms with Crippen LogP contribution in [-0.4, -0.2) is 27.9 Å². The Morgan fingerprint density at radius 2 is 1.75 bits per heavy atom. The molecule has 4 nitrogen and oxygen atoms in total. The van der Waals surface area contributed by atoms with Gasteiger partial charge in [0.05, 0.1) is 6.04 Å². The molecule has 0 bridgehead atoms. The Kier molecular flexibility index (Phi) is 6.28. The minimum Gasteiger partial charge on any atom is -0.478 e. The van der Waals surface area contributed by atoms with Gasteiger partial charge < -0.3 is 9.64 Å². The van der Waals surface area contributed by atoms with Crippen LogP contribution in [-0.2, 0) is 4.79 Å². The number of aryl methyl sites for hydroxylation is 1. The Balaban J connectivity index is 1.44. The molecule has 0 saturated carbocycles. The predicted octanol–water partition coefficient (Wildman–Crippen LogP) is 5.31. The summed E-state index contributed by atoms with van der Waals surface area (Å²) in [5.41, 5.74) is 3.20. The van der Waals surface area contributed by atoms with E-state index in [1.165, 1.54) is 11.1 Å². The summed E-state index contributed by atoms with van der Waals surface area (Å²) in [7, 11) is 0. The average Bonchev–Trinajstić information content (AvgIpc) is 3.29. The zero-order valence-electron chi connectivity index (χ0n) is 18.8. The first-order valence-electron chi connectivity index (χ1n) is 11.0. The van der Waals surface area contributed by atoms with E-state index < -0.39 is 5.60 Å². The number of ether oxygens (including phenoxy) is 1. The summed E-state index contributed by atoms with van der Waals surface area (Å²) >= 11 is 0. The van der Waals surface area contributed by atoms with Gasteiger partial charge in [-0.3, -0.25) is 9.78 Å². The predicted molar refractivity (Wildman–Crippen MR) is 126 cm³/mol. The number of pyridine rings is 1. The molecule has 0 radical (unpaired) electrons. The maximum atomic E-state index is 13.4. The molecule has 3 aromatic rings. The van der Waals surface area contributed by atoms with Crippen LogP contribution in [0.25, 0.3) is 0 Å². The molecule has 2 aromatic carbocycles. The van der Waals surface area contributed by atoms with Gasteiger partial charge in [0.1, 0.15) is 5.75 Å². The lowest BCUT2D eigenvalue weighted by Gasteiger charge is -2.33. The standard InChI is InChI=1S/C28H28N2O2/c1-21-8-14-24(15-9-21)26-7-5-19-30(26)27(31)28(2,3)32-25-16-12-22(13-17-25)10-11-23-6-4-18-29-20-23/h4,6,8-9,12-18,20,26H,5,7,19H2,1-3H3. The van der Waals surface area contributed by atoms with Crippen molar-refractivity contribution < 1.29 is 9.53 Å². The average molecular weight is 425 g/mol. The number of hydrogen-bond acceptors (Lipinski definition) is 3. The van der Waals surface area contributed by atoms with Crippen LogP contribution >= 0.6 is 0 Å². The van der Waals surface area contributed by atoms with E-state index in [4.69, 9.17) is 4.74 Å². The van der Waals surface area contributed by atoms with Crippen LogP contribution in [0.5, 0.6) is 5.75 Å². The summed E-state index contributed by atoms with van der Waals surface area (Å²) in [6, 6.07) is 19.9. The van der Waals surface area contributed by atoms with Gasteiger partial charge in [0.15, 0.2) is 5.60 Å².